The van der Waals surface area contributed by atoms with E-state index in [1.165, 1.54) is 11.3 Å². The second kappa shape index (κ2) is 8.45. The van der Waals surface area contributed by atoms with E-state index in [1.807, 2.05) is 48.7 Å². The molecule has 3 heterocycles. The van der Waals surface area contributed by atoms with Crippen LogP contribution in [0.3, 0.4) is 0 Å². The molecule has 0 N–H and O–H groups in total. The normalized spacial score (nSPS) is 16.4. The molecule has 0 amide bonds. The van der Waals surface area contributed by atoms with Gasteiger partial charge in [-0.25, -0.2) is 9.79 Å². The van der Waals surface area contributed by atoms with E-state index >= 15 is 0 Å². The first-order valence-electron chi connectivity index (χ1n) is 9.40. The zero-order chi connectivity index (χ0) is 21.4. The zero-order valence-electron chi connectivity index (χ0n) is 16.6. The number of rotatable bonds is 4. The molecule has 0 aliphatic carbocycles. The number of aromatic nitrogens is 1. The molecule has 0 radical (unpaired) electrons. The standard InChI is InChI=1S/C22H19BrN2O3S2/c1-4-28-21(27)18-13(3)24-22-25(19(18)14-7-5-12(2)6-8-14)20(26)17(30-22)11-16-15(23)9-10-29-16/h5-11,19H,4H2,1-3H3/b17-11+/t19-/m0/s1. The van der Waals surface area contributed by atoms with Crippen LogP contribution in [0.1, 0.15) is 35.9 Å². The molecule has 5 nitrogen and oxygen atoms in total. The lowest BCUT2D eigenvalue weighted by Crippen LogP contribution is -2.39. The molecule has 0 saturated heterocycles. The summed E-state index contributed by atoms with van der Waals surface area (Å²) < 4.78 is 8.44. The number of carbonyl (C=O) groups is 1. The molecule has 0 spiro atoms. The minimum Gasteiger partial charge on any atom is -0.463 e. The van der Waals surface area contributed by atoms with E-state index in [0.717, 1.165) is 20.5 Å². The molecule has 8 heteroatoms. The van der Waals surface area contributed by atoms with Crippen molar-refractivity contribution in [2.24, 2.45) is 4.99 Å². The van der Waals surface area contributed by atoms with E-state index in [9.17, 15) is 9.59 Å². The summed E-state index contributed by atoms with van der Waals surface area (Å²) in [6.45, 7) is 5.82. The van der Waals surface area contributed by atoms with Crippen molar-refractivity contribution in [2.45, 2.75) is 26.8 Å². The Balaban J connectivity index is 1.97. The highest BCUT2D eigenvalue weighted by molar-refractivity contribution is 9.10. The maximum absolute atomic E-state index is 13.4. The number of hydrogen-bond acceptors (Lipinski definition) is 6. The predicted molar refractivity (Wildman–Crippen MR) is 124 cm³/mol. The second-order valence-electron chi connectivity index (χ2n) is 6.85. The Bertz CT molecular complexity index is 1330. The highest BCUT2D eigenvalue weighted by atomic mass is 79.9. The van der Waals surface area contributed by atoms with Crippen LogP contribution in [0, 0.1) is 6.92 Å². The quantitative estimate of drug-likeness (QED) is 0.507. The summed E-state index contributed by atoms with van der Waals surface area (Å²) >= 11 is 6.39. The molecular formula is C22H19BrN2O3S2. The van der Waals surface area contributed by atoms with Crippen molar-refractivity contribution in [3.8, 4) is 0 Å². The lowest BCUT2D eigenvalue weighted by Gasteiger charge is -2.24. The van der Waals surface area contributed by atoms with Crippen LogP contribution in [-0.2, 0) is 9.53 Å². The third kappa shape index (κ3) is 3.75. The summed E-state index contributed by atoms with van der Waals surface area (Å²) in [5.74, 6) is -0.445. The smallest absolute Gasteiger partial charge is 0.338 e. The van der Waals surface area contributed by atoms with Crippen LogP contribution < -0.4 is 14.9 Å². The number of thiazole rings is 1. The minimum atomic E-state index is -0.574. The van der Waals surface area contributed by atoms with Crippen molar-refractivity contribution in [1.82, 2.24) is 4.57 Å². The summed E-state index contributed by atoms with van der Waals surface area (Å²) in [6, 6.07) is 9.23. The van der Waals surface area contributed by atoms with Crippen molar-refractivity contribution in [2.75, 3.05) is 6.61 Å². The third-order valence-electron chi connectivity index (χ3n) is 4.82. The van der Waals surface area contributed by atoms with Crippen LogP contribution in [0.25, 0.3) is 6.08 Å². The van der Waals surface area contributed by atoms with E-state index in [2.05, 4.69) is 20.9 Å². The van der Waals surface area contributed by atoms with Crippen molar-refractivity contribution in [3.63, 3.8) is 0 Å². The molecule has 1 atom stereocenters. The van der Waals surface area contributed by atoms with Gasteiger partial charge >= 0.3 is 5.97 Å². The average Bonchev–Trinajstić information content (AvgIpc) is 3.25. The Labute approximate surface area is 189 Å². The number of ether oxygens (including phenoxy) is 1. The largest absolute Gasteiger partial charge is 0.463 e. The summed E-state index contributed by atoms with van der Waals surface area (Å²) in [7, 11) is 0. The van der Waals surface area contributed by atoms with Gasteiger partial charge in [-0.15, -0.1) is 11.3 Å². The molecule has 1 aliphatic rings. The second-order valence-corrected chi connectivity index (χ2v) is 9.66. The average molecular weight is 503 g/mol. The molecule has 1 aromatic carbocycles. The van der Waals surface area contributed by atoms with Gasteiger partial charge in [-0.2, -0.15) is 0 Å². The van der Waals surface area contributed by atoms with Gasteiger partial charge in [-0.3, -0.25) is 9.36 Å². The SMILES string of the molecule is CCOC(=O)C1=C(C)N=c2s/c(=C/c3sccc3Br)c(=O)n2[C@H]1c1ccc(C)cc1. The van der Waals surface area contributed by atoms with Crippen LogP contribution in [0.4, 0.5) is 0 Å². The number of esters is 1. The topological polar surface area (TPSA) is 60.7 Å². The lowest BCUT2D eigenvalue weighted by molar-refractivity contribution is -0.139. The zero-order valence-corrected chi connectivity index (χ0v) is 19.9. The van der Waals surface area contributed by atoms with Crippen molar-refractivity contribution >= 4 is 50.6 Å². The molecule has 2 aromatic heterocycles. The molecule has 1 aliphatic heterocycles. The molecule has 0 saturated carbocycles. The maximum Gasteiger partial charge on any atom is 0.338 e. The Kier molecular flexibility index (Phi) is 5.90. The molecule has 4 rings (SSSR count). The number of allylic oxidation sites excluding steroid dienone is 1. The number of hydrogen-bond donors (Lipinski definition) is 0. The van der Waals surface area contributed by atoms with Crippen molar-refractivity contribution in [3.05, 3.63) is 87.1 Å². The number of thiophene rings is 1. The van der Waals surface area contributed by atoms with Gasteiger partial charge in [0.05, 0.1) is 28.5 Å². The van der Waals surface area contributed by atoms with Gasteiger partial charge in [0, 0.05) is 9.35 Å². The molecule has 30 heavy (non-hydrogen) atoms. The maximum atomic E-state index is 13.4. The summed E-state index contributed by atoms with van der Waals surface area (Å²) in [4.78, 5) is 32.4. The number of carbonyl (C=O) groups excluding carboxylic acids is 1. The minimum absolute atomic E-state index is 0.168. The van der Waals surface area contributed by atoms with Crippen LogP contribution in [0.15, 0.2) is 61.2 Å². The fourth-order valence-corrected chi connectivity index (χ4v) is 5.91. The van der Waals surface area contributed by atoms with Crippen molar-refractivity contribution < 1.29 is 9.53 Å². The number of halogens is 1. The van der Waals surface area contributed by atoms with Gasteiger partial charge in [0.15, 0.2) is 4.80 Å². The molecule has 0 bridgehead atoms. The summed E-state index contributed by atoms with van der Waals surface area (Å²) in [6.07, 6.45) is 1.87. The molecule has 3 aromatic rings. The Hall–Kier alpha value is -2.29. The van der Waals surface area contributed by atoms with Gasteiger partial charge in [-0.1, -0.05) is 41.2 Å². The van der Waals surface area contributed by atoms with E-state index in [0.29, 0.717) is 20.6 Å². The molecule has 0 fully saturated rings. The fourth-order valence-electron chi connectivity index (χ4n) is 3.38. The number of fused-ring (bicyclic) bond motifs is 1. The third-order valence-corrected chi connectivity index (χ3v) is 7.62. The van der Waals surface area contributed by atoms with Crippen LogP contribution in [0.2, 0.25) is 0 Å². The fraction of sp³-hybridized carbons (Fsp3) is 0.227. The first kappa shape index (κ1) is 21.0. The monoisotopic (exact) mass is 502 g/mol. The lowest BCUT2D eigenvalue weighted by atomic mass is 9.95. The summed E-state index contributed by atoms with van der Waals surface area (Å²) in [5.41, 5.74) is 2.76. The first-order chi connectivity index (χ1) is 14.4. The van der Waals surface area contributed by atoms with Gasteiger partial charge in [0.2, 0.25) is 0 Å². The number of aryl methyl sites for hydroxylation is 1. The number of nitrogens with zero attached hydrogens (tertiary/aromatic N) is 2. The van der Waals surface area contributed by atoms with Crippen LogP contribution in [-0.4, -0.2) is 17.1 Å². The molecule has 0 unspecified atom stereocenters. The van der Waals surface area contributed by atoms with E-state index < -0.39 is 12.0 Å². The van der Waals surface area contributed by atoms with Crippen LogP contribution in [0.5, 0.6) is 0 Å². The predicted octanol–water partition coefficient (Wildman–Crippen LogP) is 3.93. The van der Waals surface area contributed by atoms with E-state index in [1.54, 1.807) is 29.8 Å². The van der Waals surface area contributed by atoms with Gasteiger partial charge in [0.1, 0.15) is 0 Å². The van der Waals surface area contributed by atoms with Gasteiger partial charge in [0.25, 0.3) is 5.56 Å². The summed E-state index contributed by atoms with van der Waals surface area (Å²) in [5, 5.41) is 1.96. The van der Waals surface area contributed by atoms with Crippen LogP contribution >= 0.6 is 38.6 Å². The highest BCUT2D eigenvalue weighted by Crippen LogP contribution is 2.31. The Morgan fingerprint density at radius 3 is 2.63 bits per heavy atom. The number of benzene rings is 1. The van der Waals surface area contributed by atoms with Crippen molar-refractivity contribution in [1.29, 1.82) is 0 Å². The molecular weight excluding hydrogens is 484 g/mol. The molecule has 154 valence electrons. The van der Waals surface area contributed by atoms with Gasteiger partial charge < -0.3 is 4.74 Å². The Morgan fingerprint density at radius 2 is 2.00 bits per heavy atom. The van der Waals surface area contributed by atoms with Gasteiger partial charge in [-0.05, 0) is 59.8 Å². The first-order valence-corrected chi connectivity index (χ1v) is 11.9. The Morgan fingerprint density at radius 1 is 1.27 bits per heavy atom. The van der Waals surface area contributed by atoms with E-state index in [4.69, 9.17) is 4.74 Å². The highest BCUT2D eigenvalue weighted by Gasteiger charge is 2.33. The van der Waals surface area contributed by atoms with E-state index in [-0.39, 0.29) is 12.2 Å².